The van der Waals surface area contributed by atoms with Gasteiger partial charge in [0, 0.05) is 43.1 Å². The molecule has 3 aromatic rings. The number of aliphatic carboxylic acids is 1. The van der Waals surface area contributed by atoms with E-state index in [0.717, 1.165) is 79.2 Å². The summed E-state index contributed by atoms with van der Waals surface area (Å²) in [5.74, 6) is -1.65. The molecule has 0 unspecified atom stereocenters. The third kappa shape index (κ3) is 15.4. The lowest BCUT2D eigenvalue weighted by molar-refractivity contribution is -0.139. The summed E-state index contributed by atoms with van der Waals surface area (Å²) < 4.78 is 1.72. The van der Waals surface area contributed by atoms with E-state index in [1.165, 1.54) is 44.9 Å². The van der Waals surface area contributed by atoms with Gasteiger partial charge in [0.2, 0.25) is 11.8 Å². The van der Waals surface area contributed by atoms with E-state index >= 15 is 0 Å². The zero-order valence-electron chi connectivity index (χ0n) is 36.1. The van der Waals surface area contributed by atoms with E-state index in [-0.39, 0.29) is 36.7 Å². The lowest BCUT2D eigenvalue weighted by Gasteiger charge is -2.29. The number of aromatic nitrogens is 1. The van der Waals surface area contributed by atoms with Gasteiger partial charge in [-0.2, -0.15) is 0 Å². The molecule has 60 heavy (non-hydrogen) atoms. The Labute approximate surface area is 356 Å². The van der Waals surface area contributed by atoms with Crippen LogP contribution in [0.5, 0.6) is 0 Å². The molecule has 13 heteroatoms. The molecule has 0 fully saturated rings. The van der Waals surface area contributed by atoms with Gasteiger partial charge in [0.05, 0.1) is 12.1 Å². The van der Waals surface area contributed by atoms with E-state index < -0.39 is 30.0 Å². The normalized spacial score (nSPS) is 14.6. The van der Waals surface area contributed by atoms with Gasteiger partial charge >= 0.3 is 12.0 Å². The standard InChI is InChI=1S/C47H71N7O6/c1-3-34(2)44(45(57)54-40-25-20-19-24-37(40)38-27-29-53(47(49)60)33-41(38)54)52-43(56)26-18-13-11-9-7-5-4-6-8-10-12-14-21-28-50-36(31-42(48)55)32-51-39(46(58)59)30-35-22-16-15-17-23-35/h15-17,19-20,22-25,34,36,39,44,50-51H,3-14,18,21,26-33H2,1-2H3,(H2,48,55)(H2,49,60)(H,52,56)(H,58,59)/t34-,36-,39-,44-/m0/s1. The van der Waals surface area contributed by atoms with E-state index in [4.69, 9.17) is 11.5 Å². The summed E-state index contributed by atoms with van der Waals surface area (Å²) in [4.78, 5) is 64.5. The number of carboxylic acid groups (broad SMARTS) is 1. The van der Waals surface area contributed by atoms with Crippen molar-refractivity contribution >= 4 is 40.6 Å². The van der Waals surface area contributed by atoms with Crippen LogP contribution in [0.1, 0.15) is 138 Å². The summed E-state index contributed by atoms with van der Waals surface area (Å²) in [6.45, 7) is 5.91. The summed E-state index contributed by atoms with van der Waals surface area (Å²) in [5, 5.41) is 20.3. The van der Waals surface area contributed by atoms with E-state index in [9.17, 15) is 29.1 Å². The monoisotopic (exact) mass is 830 g/mol. The van der Waals surface area contributed by atoms with Crippen LogP contribution in [0.2, 0.25) is 0 Å². The van der Waals surface area contributed by atoms with Crippen molar-refractivity contribution in [2.24, 2.45) is 17.4 Å². The number of urea groups is 1. The molecule has 8 N–H and O–H groups in total. The van der Waals surface area contributed by atoms with E-state index in [1.807, 2.05) is 68.4 Å². The molecule has 1 aromatic heterocycles. The largest absolute Gasteiger partial charge is 0.480 e. The summed E-state index contributed by atoms with van der Waals surface area (Å²) >= 11 is 0. The molecule has 330 valence electrons. The van der Waals surface area contributed by atoms with Crippen LogP contribution in [-0.2, 0) is 33.8 Å². The molecule has 4 atom stereocenters. The van der Waals surface area contributed by atoms with Crippen LogP contribution in [0.25, 0.3) is 10.9 Å². The van der Waals surface area contributed by atoms with Crippen LogP contribution in [0.4, 0.5) is 4.79 Å². The van der Waals surface area contributed by atoms with E-state index in [0.29, 0.717) is 32.4 Å². The molecule has 0 aliphatic carbocycles. The molecule has 1 aliphatic heterocycles. The number of nitrogens with two attached hydrogens (primary N) is 2. The van der Waals surface area contributed by atoms with E-state index in [1.54, 1.807) is 9.47 Å². The second kappa shape index (κ2) is 25.8. The number of nitrogens with one attached hydrogen (secondary N) is 3. The number of primary amides is 2. The topological polar surface area (TPSA) is 202 Å². The number of unbranched alkanes of at least 4 members (excludes halogenated alkanes) is 12. The molecule has 2 aromatic carbocycles. The lowest BCUT2D eigenvalue weighted by Crippen LogP contribution is -2.48. The molecule has 1 aliphatic rings. The number of fused-ring (bicyclic) bond motifs is 3. The zero-order valence-corrected chi connectivity index (χ0v) is 36.1. The maximum Gasteiger partial charge on any atom is 0.321 e. The third-order valence-corrected chi connectivity index (χ3v) is 12.0. The fourth-order valence-corrected chi connectivity index (χ4v) is 8.32. The van der Waals surface area contributed by atoms with Gasteiger partial charge in [-0.3, -0.25) is 23.7 Å². The van der Waals surface area contributed by atoms with Gasteiger partial charge in [0.25, 0.3) is 5.91 Å². The van der Waals surface area contributed by atoms with Crippen LogP contribution in [-0.4, -0.2) is 82.1 Å². The van der Waals surface area contributed by atoms with Crippen LogP contribution in [0.15, 0.2) is 54.6 Å². The second-order valence-electron chi connectivity index (χ2n) is 16.7. The Hall–Kier alpha value is -4.75. The van der Waals surface area contributed by atoms with Gasteiger partial charge in [-0.25, -0.2) is 4.79 Å². The summed E-state index contributed by atoms with van der Waals surface area (Å²) in [6.07, 6.45) is 16.9. The quantitative estimate of drug-likeness (QED) is 0.0409. The fraction of sp³-hybridized carbons (Fsp3) is 0.596. The first kappa shape index (κ1) is 47.9. The number of carbonyl (C=O) groups is 5. The number of benzene rings is 2. The van der Waals surface area contributed by atoms with Crippen LogP contribution >= 0.6 is 0 Å². The Bertz CT molecular complexity index is 1810. The van der Waals surface area contributed by atoms with Gasteiger partial charge in [-0.1, -0.05) is 139 Å². The number of carboxylic acids is 1. The smallest absolute Gasteiger partial charge is 0.321 e. The van der Waals surface area contributed by atoms with Gasteiger partial charge in [0.15, 0.2) is 0 Å². The minimum absolute atomic E-state index is 0.0629. The van der Waals surface area contributed by atoms with Gasteiger partial charge in [-0.15, -0.1) is 0 Å². The molecule has 4 amide bonds. The zero-order chi connectivity index (χ0) is 43.3. The molecular formula is C47H71N7O6. The van der Waals surface area contributed by atoms with Crippen molar-refractivity contribution in [3.05, 3.63) is 71.4 Å². The molecular weight excluding hydrogens is 759 g/mol. The third-order valence-electron chi connectivity index (χ3n) is 12.0. The Balaban J connectivity index is 1.04. The molecule has 0 saturated carbocycles. The number of rotatable bonds is 29. The van der Waals surface area contributed by atoms with Crippen LogP contribution in [0.3, 0.4) is 0 Å². The summed E-state index contributed by atoms with van der Waals surface area (Å²) in [6, 6.07) is 15.2. The summed E-state index contributed by atoms with van der Waals surface area (Å²) in [5.41, 5.74) is 14.7. The molecule has 4 rings (SSSR count). The Morgan fingerprint density at radius 3 is 1.98 bits per heavy atom. The highest BCUT2D eigenvalue weighted by molar-refractivity contribution is 6.00. The Morgan fingerprint density at radius 1 is 0.783 bits per heavy atom. The molecule has 0 spiro atoms. The lowest BCUT2D eigenvalue weighted by atomic mass is 9.97. The van der Waals surface area contributed by atoms with Crippen molar-refractivity contribution < 1.29 is 29.1 Å². The van der Waals surface area contributed by atoms with Crippen molar-refractivity contribution in [3.8, 4) is 0 Å². The maximum atomic E-state index is 14.2. The SMILES string of the molecule is CC[C@H](C)[C@H](NC(=O)CCCCCCCCCCCCCCCN[C@H](CN[C@@H](Cc1ccccc1)C(=O)O)CC(N)=O)C(=O)n1c2c(c3ccccc31)CCN(C(N)=O)C2. The highest BCUT2D eigenvalue weighted by atomic mass is 16.4. The Kier molecular flexibility index (Phi) is 20.6. The molecule has 0 radical (unpaired) electrons. The van der Waals surface area contributed by atoms with Crippen molar-refractivity contribution in [2.75, 3.05) is 19.6 Å². The van der Waals surface area contributed by atoms with Gasteiger partial charge < -0.3 is 37.4 Å². The number of nitrogens with zero attached hydrogens (tertiary/aromatic N) is 2. The highest BCUT2D eigenvalue weighted by Crippen LogP contribution is 2.32. The minimum atomic E-state index is -0.918. The first-order valence-corrected chi connectivity index (χ1v) is 22.5. The molecule has 0 bridgehead atoms. The molecule has 13 nitrogen and oxygen atoms in total. The minimum Gasteiger partial charge on any atom is -0.480 e. The van der Waals surface area contributed by atoms with E-state index in [2.05, 4.69) is 16.0 Å². The van der Waals surface area contributed by atoms with Crippen LogP contribution in [0, 0.1) is 5.92 Å². The number of amides is 4. The van der Waals surface area contributed by atoms with Crippen molar-refractivity contribution in [3.63, 3.8) is 0 Å². The Morgan fingerprint density at radius 2 is 1.38 bits per heavy atom. The number of hydrogen-bond donors (Lipinski definition) is 6. The van der Waals surface area contributed by atoms with Crippen LogP contribution < -0.4 is 27.4 Å². The summed E-state index contributed by atoms with van der Waals surface area (Å²) in [7, 11) is 0. The van der Waals surface area contributed by atoms with Gasteiger partial charge in [-0.05, 0) is 55.3 Å². The van der Waals surface area contributed by atoms with Crippen molar-refractivity contribution in [1.29, 1.82) is 0 Å². The fourth-order valence-electron chi connectivity index (χ4n) is 8.32. The average Bonchev–Trinajstić information content (AvgIpc) is 3.57. The number of hydrogen-bond acceptors (Lipinski definition) is 7. The first-order chi connectivity index (χ1) is 29.0. The molecule has 0 saturated heterocycles. The van der Waals surface area contributed by atoms with Crippen molar-refractivity contribution in [1.82, 2.24) is 25.4 Å². The maximum absolute atomic E-state index is 14.2. The highest BCUT2D eigenvalue weighted by Gasteiger charge is 2.33. The predicted molar refractivity (Wildman–Crippen MR) is 237 cm³/mol. The molecule has 2 heterocycles. The van der Waals surface area contributed by atoms with Crippen molar-refractivity contribution in [2.45, 2.75) is 154 Å². The second-order valence-corrected chi connectivity index (χ2v) is 16.7. The predicted octanol–water partition coefficient (Wildman–Crippen LogP) is 6.83. The first-order valence-electron chi connectivity index (χ1n) is 22.5. The average molecular weight is 830 g/mol. The van der Waals surface area contributed by atoms with Gasteiger partial charge in [0.1, 0.15) is 12.1 Å². The number of carbonyl (C=O) groups excluding carboxylic acids is 4. The number of para-hydroxylation sites is 1.